The van der Waals surface area contributed by atoms with Crippen molar-refractivity contribution < 1.29 is 9.59 Å². The van der Waals surface area contributed by atoms with E-state index < -0.39 is 0 Å². The van der Waals surface area contributed by atoms with Crippen LogP contribution in [0.3, 0.4) is 0 Å². The molecule has 1 aromatic carbocycles. The number of anilines is 1. The highest BCUT2D eigenvalue weighted by molar-refractivity contribution is 5.92. The molecule has 0 unspecified atom stereocenters. The average molecular weight is 314 g/mol. The van der Waals surface area contributed by atoms with E-state index in [2.05, 4.69) is 5.32 Å². The van der Waals surface area contributed by atoms with E-state index in [1.807, 2.05) is 42.2 Å². The predicted molar refractivity (Wildman–Crippen MR) is 94.0 cm³/mol. The van der Waals surface area contributed by atoms with Gasteiger partial charge >= 0.3 is 0 Å². The van der Waals surface area contributed by atoms with Crippen molar-refractivity contribution >= 4 is 23.6 Å². The molecule has 0 aromatic heterocycles. The van der Waals surface area contributed by atoms with Gasteiger partial charge in [-0.25, -0.2) is 0 Å². The number of nitrogens with one attached hydrogen (secondary N) is 1. The van der Waals surface area contributed by atoms with Crippen molar-refractivity contribution in [2.45, 2.75) is 52.0 Å². The summed E-state index contributed by atoms with van der Waals surface area (Å²) in [4.78, 5) is 25.4. The van der Waals surface area contributed by atoms with Gasteiger partial charge in [-0.05, 0) is 43.5 Å². The van der Waals surface area contributed by atoms with Crippen molar-refractivity contribution in [1.29, 1.82) is 0 Å². The minimum absolute atomic E-state index is 0.0883. The summed E-state index contributed by atoms with van der Waals surface area (Å²) < 4.78 is 0. The number of hydrogen-bond acceptors (Lipinski definition) is 2. The van der Waals surface area contributed by atoms with E-state index in [-0.39, 0.29) is 11.8 Å². The number of benzene rings is 1. The fourth-order valence-corrected chi connectivity index (χ4v) is 3.13. The van der Waals surface area contributed by atoms with E-state index in [0.29, 0.717) is 6.04 Å². The lowest BCUT2D eigenvalue weighted by Crippen LogP contribution is -2.40. The highest BCUT2D eigenvalue weighted by Gasteiger charge is 2.22. The van der Waals surface area contributed by atoms with E-state index in [1.165, 1.54) is 26.2 Å². The fourth-order valence-electron chi connectivity index (χ4n) is 3.13. The Morgan fingerprint density at radius 3 is 2.39 bits per heavy atom. The Hall–Kier alpha value is -2.10. The molecule has 1 aromatic rings. The molecule has 1 saturated carbocycles. The SMILES string of the molecule is CCN(C(=O)/C=C/c1ccc(NC(C)=O)cc1)C1CCCCC1. The van der Waals surface area contributed by atoms with Gasteiger partial charge in [0.15, 0.2) is 0 Å². The molecule has 124 valence electrons. The molecule has 0 heterocycles. The summed E-state index contributed by atoms with van der Waals surface area (Å²) in [5, 5.41) is 2.73. The van der Waals surface area contributed by atoms with Gasteiger partial charge in [0.25, 0.3) is 0 Å². The van der Waals surface area contributed by atoms with Crippen LogP contribution in [0, 0.1) is 0 Å². The second-order valence-electron chi connectivity index (χ2n) is 6.05. The average Bonchev–Trinajstić information content (AvgIpc) is 2.55. The molecule has 1 aliphatic carbocycles. The van der Waals surface area contributed by atoms with Crippen LogP contribution in [-0.4, -0.2) is 29.3 Å². The number of rotatable bonds is 5. The lowest BCUT2D eigenvalue weighted by atomic mass is 9.94. The predicted octanol–water partition coefficient (Wildman–Crippen LogP) is 3.84. The Kier molecular flexibility index (Phi) is 6.39. The summed E-state index contributed by atoms with van der Waals surface area (Å²) in [5.74, 6) is -0.000114. The first-order valence-electron chi connectivity index (χ1n) is 8.46. The van der Waals surface area contributed by atoms with E-state index in [4.69, 9.17) is 0 Å². The van der Waals surface area contributed by atoms with E-state index in [1.54, 1.807) is 6.08 Å². The van der Waals surface area contributed by atoms with Crippen LogP contribution >= 0.6 is 0 Å². The molecular weight excluding hydrogens is 288 g/mol. The maximum atomic E-state index is 12.4. The molecule has 4 nitrogen and oxygen atoms in total. The van der Waals surface area contributed by atoms with Crippen LogP contribution in [0.15, 0.2) is 30.3 Å². The summed E-state index contributed by atoms with van der Waals surface area (Å²) >= 11 is 0. The summed E-state index contributed by atoms with van der Waals surface area (Å²) in [6.45, 7) is 4.29. The van der Waals surface area contributed by atoms with E-state index in [9.17, 15) is 9.59 Å². The first-order chi connectivity index (χ1) is 11.1. The Balaban J connectivity index is 1.97. The fraction of sp³-hybridized carbons (Fsp3) is 0.474. The molecule has 4 heteroatoms. The second kappa shape index (κ2) is 8.51. The van der Waals surface area contributed by atoms with Gasteiger partial charge in [-0.1, -0.05) is 31.4 Å². The smallest absolute Gasteiger partial charge is 0.246 e. The number of likely N-dealkylation sites (N-methyl/N-ethyl adjacent to an activating group) is 1. The Morgan fingerprint density at radius 2 is 1.83 bits per heavy atom. The summed E-state index contributed by atoms with van der Waals surface area (Å²) in [6.07, 6.45) is 9.48. The third-order valence-corrected chi connectivity index (χ3v) is 4.29. The van der Waals surface area contributed by atoms with Crippen molar-refractivity contribution in [2.75, 3.05) is 11.9 Å². The van der Waals surface area contributed by atoms with Gasteiger partial charge in [0, 0.05) is 31.3 Å². The molecule has 0 aliphatic heterocycles. The van der Waals surface area contributed by atoms with E-state index >= 15 is 0 Å². The van der Waals surface area contributed by atoms with Crippen LogP contribution in [0.2, 0.25) is 0 Å². The molecule has 1 N–H and O–H groups in total. The topological polar surface area (TPSA) is 49.4 Å². The lowest BCUT2D eigenvalue weighted by molar-refractivity contribution is -0.128. The first kappa shape index (κ1) is 17.3. The van der Waals surface area contributed by atoms with Crippen molar-refractivity contribution in [1.82, 2.24) is 4.90 Å². The van der Waals surface area contributed by atoms with Gasteiger partial charge in [0.1, 0.15) is 0 Å². The van der Waals surface area contributed by atoms with Crippen LogP contribution < -0.4 is 5.32 Å². The van der Waals surface area contributed by atoms with Gasteiger partial charge in [0.2, 0.25) is 11.8 Å². The Labute approximate surface area is 138 Å². The van der Waals surface area contributed by atoms with Crippen molar-refractivity contribution in [3.05, 3.63) is 35.9 Å². The Morgan fingerprint density at radius 1 is 1.17 bits per heavy atom. The minimum atomic E-state index is -0.0884. The largest absolute Gasteiger partial charge is 0.336 e. The molecule has 0 saturated heterocycles. The van der Waals surface area contributed by atoms with Crippen LogP contribution in [0.4, 0.5) is 5.69 Å². The van der Waals surface area contributed by atoms with Crippen LogP contribution in [-0.2, 0) is 9.59 Å². The molecule has 1 fully saturated rings. The standard InChI is InChI=1S/C19H26N2O2/c1-3-21(18-7-5-4-6-8-18)19(23)14-11-16-9-12-17(13-10-16)20-15(2)22/h9-14,18H,3-8H2,1-2H3,(H,20,22)/b14-11+. The molecule has 0 bridgehead atoms. The molecule has 0 atom stereocenters. The second-order valence-corrected chi connectivity index (χ2v) is 6.05. The third kappa shape index (κ3) is 5.23. The van der Waals surface area contributed by atoms with Crippen LogP contribution in [0.5, 0.6) is 0 Å². The molecular formula is C19H26N2O2. The van der Waals surface area contributed by atoms with Crippen molar-refractivity contribution in [3.63, 3.8) is 0 Å². The van der Waals surface area contributed by atoms with Gasteiger partial charge in [-0.15, -0.1) is 0 Å². The Bertz CT molecular complexity index is 557. The zero-order valence-corrected chi connectivity index (χ0v) is 14.0. The summed E-state index contributed by atoms with van der Waals surface area (Å²) in [7, 11) is 0. The van der Waals surface area contributed by atoms with Gasteiger partial charge in [0.05, 0.1) is 0 Å². The highest BCUT2D eigenvalue weighted by Crippen LogP contribution is 2.23. The maximum Gasteiger partial charge on any atom is 0.246 e. The summed E-state index contributed by atoms with van der Waals surface area (Å²) in [5.41, 5.74) is 1.71. The number of carbonyl (C=O) groups excluding carboxylic acids is 2. The monoisotopic (exact) mass is 314 g/mol. The molecule has 2 amide bonds. The van der Waals surface area contributed by atoms with Gasteiger partial charge in [-0.2, -0.15) is 0 Å². The highest BCUT2D eigenvalue weighted by atomic mass is 16.2. The van der Waals surface area contributed by atoms with Crippen LogP contribution in [0.1, 0.15) is 51.5 Å². The lowest BCUT2D eigenvalue weighted by Gasteiger charge is -2.32. The first-order valence-corrected chi connectivity index (χ1v) is 8.46. The number of hydrogen-bond donors (Lipinski definition) is 1. The number of nitrogens with zero attached hydrogens (tertiary/aromatic N) is 1. The number of carbonyl (C=O) groups is 2. The van der Waals surface area contributed by atoms with Gasteiger partial charge in [-0.3, -0.25) is 9.59 Å². The maximum absolute atomic E-state index is 12.4. The molecule has 1 aliphatic rings. The normalized spacial score (nSPS) is 15.6. The number of amides is 2. The molecule has 0 radical (unpaired) electrons. The zero-order valence-electron chi connectivity index (χ0n) is 14.0. The molecule has 0 spiro atoms. The van der Waals surface area contributed by atoms with Crippen molar-refractivity contribution in [3.8, 4) is 0 Å². The molecule has 23 heavy (non-hydrogen) atoms. The zero-order chi connectivity index (χ0) is 16.7. The quantitative estimate of drug-likeness (QED) is 0.840. The molecule has 2 rings (SSSR count). The third-order valence-electron chi connectivity index (χ3n) is 4.29. The van der Waals surface area contributed by atoms with E-state index in [0.717, 1.165) is 30.6 Å². The minimum Gasteiger partial charge on any atom is -0.336 e. The summed E-state index contributed by atoms with van der Waals surface area (Å²) in [6, 6.07) is 7.86. The van der Waals surface area contributed by atoms with Crippen molar-refractivity contribution in [2.24, 2.45) is 0 Å². The van der Waals surface area contributed by atoms with Gasteiger partial charge < -0.3 is 10.2 Å². The van der Waals surface area contributed by atoms with Crippen LogP contribution in [0.25, 0.3) is 6.08 Å².